The van der Waals surface area contributed by atoms with E-state index in [1.807, 2.05) is 66.4 Å². The van der Waals surface area contributed by atoms with Gasteiger partial charge in [-0.25, -0.2) is 4.98 Å². The SMILES string of the molecule is Cc1ccccc1C(=O)N1CCN(Cc2cc(=O)n3nc(-c4ccccc4)sc3n2)CC1. The number of carbonyl (C=O) groups excluding carboxylic acids is 1. The zero-order chi connectivity index (χ0) is 22.1. The molecule has 0 spiro atoms. The first-order chi connectivity index (χ1) is 15.6. The number of aromatic nitrogens is 3. The Balaban J connectivity index is 1.28. The molecule has 1 aliphatic rings. The lowest BCUT2D eigenvalue weighted by molar-refractivity contribution is 0.0626. The van der Waals surface area contributed by atoms with Crippen molar-refractivity contribution < 1.29 is 4.79 Å². The van der Waals surface area contributed by atoms with Crippen LogP contribution in [0.3, 0.4) is 0 Å². The van der Waals surface area contributed by atoms with E-state index in [4.69, 9.17) is 0 Å². The zero-order valence-corrected chi connectivity index (χ0v) is 18.6. The third-order valence-electron chi connectivity index (χ3n) is 5.74. The van der Waals surface area contributed by atoms with Crippen molar-refractivity contribution >= 4 is 22.2 Å². The maximum absolute atomic E-state index is 12.8. The number of carbonyl (C=O) groups is 1. The van der Waals surface area contributed by atoms with Crippen LogP contribution in [0.4, 0.5) is 0 Å². The number of benzene rings is 2. The third kappa shape index (κ3) is 4.06. The van der Waals surface area contributed by atoms with E-state index < -0.39 is 0 Å². The molecule has 0 unspecified atom stereocenters. The average Bonchev–Trinajstić information content (AvgIpc) is 3.25. The second kappa shape index (κ2) is 8.64. The summed E-state index contributed by atoms with van der Waals surface area (Å²) in [6, 6.07) is 19.1. The Hall–Kier alpha value is -3.36. The van der Waals surface area contributed by atoms with Gasteiger partial charge in [0, 0.05) is 49.9 Å². The number of aryl methyl sites for hydroxylation is 1. The van der Waals surface area contributed by atoms with Crippen LogP contribution in [-0.4, -0.2) is 56.5 Å². The van der Waals surface area contributed by atoms with E-state index in [0.717, 1.165) is 40.5 Å². The molecule has 4 aromatic rings. The van der Waals surface area contributed by atoms with Crippen LogP contribution in [0.1, 0.15) is 21.6 Å². The first-order valence-corrected chi connectivity index (χ1v) is 11.4. The van der Waals surface area contributed by atoms with Gasteiger partial charge in [-0.1, -0.05) is 59.9 Å². The van der Waals surface area contributed by atoms with E-state index in [0.29, 0.717) is 24.6 Å². The molecular weight excluding hydrogens is 422 g/mol. The molecule has 0 bridgehead atoms. The lowest BCUT2D eigenvalue weighted by Crippen LogP contribution is -2.48. The van der Waals surface area contributed by atoms with Crippen LogP contribution in [0.15, 0.2) is 65.5 Å². The fourth-order valence-corrected chi connectivity index (χ4v) is 4.89. The number of fused-ring (bicyclic) bond motifs is 1. The van der Waals surface area contributed by atoms with Crippen LogP contribution in [0, 0.1) is 6.92 Å². The highest BCUT2D eigenvalue weighted by Gasteiger charge is 2.23. The van der Waals surface area contributed by atoms with E-state index in [2.05, 4.69) is 15.0 Å². The molecule has 1 fully saturated rings. The van der Waals surface area contributed by atoms with Crippen LogP contribution < -0.4 is 5.56 Å². The summed E-state index contributed by atoms with van der Waals surface area (Å²) in [5.41, 5.74) is 3.30. The minimum absolute atomic E-state index is 0.0821. The molecule has 3 heterocycles. The maximum Gasteiger partial charge on any atom is 0.275 e. The Kier molecular flexibility index (Phi) is 5.55. The Morgan fingerprint density at radius 1 is 1.00 bits per heavy atom. The Morgan fingerprint density at radius 3 is 2.47 bits per heavy atom. The van der Waals surface area contributed by atoms with Crippen molar-refractivity contribution in [3.63, 3.8) is 0 Å². The second-order valence-electron chi connectivity index (χ2n) is 7.94. The van der Waals surface area contributed by atoms with Gasteiger partial charge in [-0.15, -0.1) is 0 Å². The quantitative estimate of drug-likeness (QED) is 0.483. The van der Waals surface area contributed by atoms with E-state index in [1.165, 1.54) is 15.9 Å². The van der Waals surface area contributed by atoms with E-state index in [-0.39, 0.29) is 11.5 Å². The summed E-state index contributed by atoms with van der Waals surface area (Å²) in [7, 11) is 0. The lowest BCUT2D eigenvalue weighted by Gasteiger charge is -2.34. The van der Waals surface area contributed by atoms with Gasteiger partial charge in [-0.3, -0.25) is 14.5 Å². The number of nitrogens with zero attached hydrogens (tertiary/aromatic N) is 5. The van der Waals surface area contributed by atoms with Crippen molar-refractivity contribution in [2.45, 2.75) is 13.5 Å². The van der Waals surface area contributed by atoms with Crippen molar-refractivity contribution in [3.8, 4) is 10.6 Å². The molecule has 0 atom stereocenters. The molecule has 1 amide bonds. The maximum atomic E-state index is 12.8. The summed E-state index contributed by atoms with van der Waals surface area (Å²) >= 11 is 1.41. The summed E-state index contributed by atoms with van der Waals surface area (Å²) in [6.45, 7) is 5.36. The van der Waals surface area contributed by atoms with E-state index in [9.17, 15) is 9.59 Å². The number of rotatable bonds is 4. The van der Waals surface area contributed by atoms with Crippen molar-refractivity contribution in [1.82, 2.24) is 24.4 Å². The molecule has 0 aliphatic carbocycles. The highest BCUT2D eigenvalue weighted by Crippen LogP contribution is 2.24. The molecular formula is C24H23N5O2S. The van der Waals surface area contributed by atoms with Gasteiger partial charge in [0.25, 0.3) is 11.5 Å². The fraction of sp³-hybridized carbons (Fsp3) is 0.250. The molecule has 2 aromatic heterocycles. The normalized spacial score (nSPS) is 14.7. The zero-order valence-electron chi connectivity index (χ0n) is 17.8. The molecule has 2 aromatic carbocycles. The van der Waals surface area contributed by atoms with Crippen molar-refractivity contribution in [3.05, 3.63) is 87.8 Å². The van der Waals surface area contributed by atoms with Gasteiger partial charge in [0.1, 0.15) is 5.01 Å². The molecule has 162 valence electrons. The molecule has 1 saturated heterocycles. The average molecular weight is 446 g/mol. The minimum atomic E-state index is -0.170. The summed E-state index contributed by atoms with van der Waals surface area (Å²) in [4.78, 5) is 34.9. The van der Waals surface area contributed by atoms with Crippen LogP contribution in [0.2, 0.25) is 0 Å². The van der Waals surface area contributed by atoms with E-state index >= 15 is 0 Å². The molecule has 1 aliphatic heterocycles. The summed E-state index contributed by atoms with van der Waals surface area (Å²) in [5.74, 6) is 0.0821. The number of amides is 1. The Labute approximate surface area is 189 Å². The first kappa shape index (κ1) is 20.5. The van der Waals surface area contributed by atoms with Crippen molar-refractivity contribution in [1.29, 1.82) is 0 Å². The molecule has 0 radical (unpaired) electrons. The van der Waals surface area contributed by atoms with Gasteiger partial charge in [-0.2, -0.15) is 9.61 Å². The standard InChI is InChI=1S/C24H23N5O2S/c1-17-7-5-6-10-20(17)23(31)28-13-11-27(12-14-28)16-19-15-21(30)29-24(25-19)32-22(26-29)18-8-3-2-4-9-18/h2-10,15H,11-14,16H2,1H3. The Bertz CT molecular complexity index is 1320. The number of hydrogen-bond acceptors (Lipinski definition) is 6. The smallest absolute Gasteiger partial charge is 0.275 e. The van der Waals surface area contributed by atoms with Gasteiger partial charge in [-0.05, 0) is 18.6 Å². The number of piperazine rings is 1. The molecule has 8 heteroatoms. The predicted molar refractivity (Wildman–Crippen MR) is 125 cm³/mol. The summed E-state index contributed by atoms with van der Waals surface area (Å²) < 4.78 is 1.37. The highest BCUT2D eigenvalue weighted by molar-refractivity contribution is 7.19. The van der Waals surface area contributed by atoms with Crippen LogP contribution in [0.25, 0.3) is 15.5 Å². The fourth-order valence-electron chi connectivity index (χ4n) is 3.96. The van der Waals surface area contributed by atoms with Crippen molar-refractivity contribution in [2.24, 2.45) is 0 Å². The summed E-state index contributed by atoms with van der Waals surface area (Å²) in [5, 5.41) is 5.21. The molecule has 0 N–H and O–H groups in total. The Morgan fingerprint density at radius 2 is 1.72 bits per heavy atom. The first-order valence-electron chi connectivity index (χ1n) is 10.6. The van der Waals surface area contributed by atoms with Crippen LogP contribution in [-0.2, 0) is 6.54 Å². The predicted octanol–water partition coefficient (Wildman–Crippen LogP) is 3.08. The monoisotopic (exact) mass is 445 g/mol. The third-order valence-corrected chi connectivity index (χ3v) is 6.70. The van der Waals surface area contributed by atoms with Gasteiger partial charge in [0.2, 0.25) is 4.96 Å². The van der Waals surface area contributed by atoms with Crippen LogP contribution >= 0.6 is 11.3 Å². The van der Waals surface area contributed by atoms with Gasteiger partial charge in [0.05, 0.1) is 5.69 Å². The number of hydrogen-bond donors (Lipinski definition) is 0. The minimum Gasteiger partial charge on any atom is -0.336 e. The van der Waals surface area contributed by atoms with Gasteiger partial charge < -0.3 is 4.90 Å². The topological polar surface area (TPSA) is 70.8 Å². The molecule has 7 nitrogen and oxygen atoms in total. The van der Waals surface area contributed by atoms with Crippen LogP contribution in [0.5, 0.6) is 0 Å². The second-order valence-corrected chi connectivity index (χ2v) is 8.89. The van der Waals surface area contributed by atoms with Gasteiger partial charge >= 0.3 is 0 Å². The van der Waals surface area contributed by atoms with E-state index in [1.54, 1.807) is 6.07 Å². The van der Waals surface area contributed by atoms with Gasteiger partial charge in [0.15, 0.2) is 0 Å². The molecule has 32 heavy (non-hydrogen) atoms. The lowest BCUT2D eigenvalue weighted by atomic mass is 10.1. The van der Waals surface area contributed by atoms with Crippen molar-refractivity contribution in [2.75, 3.05) is 26.2 Å². The molecule has 0 saturated carbocycles. The summed E-state index contributed by atoms with van der Waals surface area (Å²) in [6.07, 6.45) is 0. The molecule has 5 rings (SSSR count). The highest BCUT2D eigenvalue weighted by atomic mass is 32.1. The largest absolute Gasteiger partial charge is 0.336 e.